The van der Waals surface area contributed by atoms with Crippen molar-refractivity contribution in [3.8, 4) is 0 Å². The summed E-state index contributed by atoms with van der Waals surface area (Å²) in [5.74, 6) is 1.60. The van der Waals surface area contributed by atoms with Gasteiger partial charge in [0.1, 0.15) is 0 Å². The summed E-state index contributed by atoms with van der Waals surface area (Å²) in [6.45, 7) is 8.87. The summed E-state index contributed by atoms with van der Waals surface area (Å²) >= 11 is 0. The van der Waals surface area contributed by atoms with Gasteiger partial charge in [0.25, 0.3) is 0 Å². The van der Waals surface area contributed by atoms with E-state index in [0.717, 1.165) is 23.0 Å². The van der Waals surface area contributed by atoms with Crippen LogP contribution in [0.2, 0.25) is 0 Å². The molecule has 3 aliphatic carbocycles. The standard InChI is InChI=1S/C21H32O2/c1-4-17-9-10-19-15(6-5-11-21(17,19)3)7-8-16-12-18(22)13-20(23)14(16)2/h7-8,17-20,22-23H,2,4-6,9-13H2,1,3H3/b15-7-,16-8-. The molecule has 3 aliphatic rings. The Labute approximate surface area is 141 Å². The molecule has 3 rings (SSSR count). The average molecular weight is 316 g/mol. The number of aliphatic hydroxyl groups is 2. The van der Waals surface area contributed by atoms with E-state index in [0.29, 0.717) is 18.3 Å². The first-order valence-corrected chi connectivity index (χ1v) is 9.40. The lowest BCUT2D eigenvalue weighted by molar-refractivity contribution is 0.0862. The quantitative estimate of drug-likeness (QED) is 0.785. The minimum Gasteiger partial charge on any atom is -0.393 e. The van der Waals surface area contributed by atoms with Crippen molar-refractivity contribution < 1.29 is 10.2 Å². The van der Waals surface area contributed by atoms with E-state index in [-0.39, 0.29) is 0 Å². The third kappa shape index (κ3) is 3.08. The number of hydrogen-bond acceptors (Lipinski definition) is 2. The van der Waals surface area contributed by atoms with E-state index < -0.39 is 12.2 Å². The Morgan fingerprint density at radius 3 is 2.78 bits per heavy atom. The van der Waals surface area contributed by atoms with Gasteiger partial charge in [0, 0.05) is 6.42 Å². The average Bonchev–Trinajstić information content (AvgIpc) is 2.86. The molecule has 2 nitrogen and oxygen atoms in total. The summed E-state index contributed by atoms with van der Waals surface area (Å²) in [7, 11) is 0. The van der Waals surface area contributed by atoms with Crippen LogP contribution >= 0.6 is 0 Å². The van der Waals surface area contributed by atoms with Gasteiger partial charge < -0.3 is 10.2 Å². The Hall–Kier alpha value is -0.860. The summed E-state index contributed by atoms with van der Waals surface area (Å²) in [6.07, 6.45) is 12.3. The Kier molecular flexibility index (Phi) is 4.85. The van der Waals surface area contributed by atoms with E-state index >= 15 is 0 Å². The molecule has 0 amide bonds. The molecule has 5 unspecified atom stereocenters. The third-order valence-electron chi connectivity index (χ3n) is 6.92. The fourth-order valence-electron chi connectivity index (χ4n) is 5.48. The highest BCUT2D eigenvalue weighted by Gasteiger charge is 2.48. The number of aliphatic hydroxyl groups excluding tert-OH is 2. The Balaban J connectivity index is 1.82. The van der Waals surface area contributed by atoms with Crippen molar-refractivity contribution in [1.29, 1.82) is 0 Å². The summed E-state index contributed by atoms with van der Waals surface area (Å²) in [5.41, 5.74) is 3.90. The summed E-state index contributed by atoms with van der Waals surface area (Å²) < 4.78 is 0. The molecule has 3 fully saturated rings. The molecule has 23 heavy (non-hydrogen) atoms. The Morgan fingerprint density at radius 2 is 2.04 bits per heavy atom. The molecular weight excluding hydrogens is 284 g/mol. The highest BCUT2D eigenvalue weighted by molar-refractivity contribution is 5.38. The van der Waals surface area contributed by atoms with Gasteiger partial charge in [0.2, 0.25) is 0 Å². The molecule has 0 spiro atoms. The van der Waals surface area contributed by atoms with Crippen LogP contribution in [0, 0.1) is 17.3 Å². The van der Waals surface area contributed by atoms with Crippen LogP contribution in [0.5, 0.6) is 0 Å². The first-order valence-electron chi connectivity index (χ1n) is 9.40. The van der Waals surface area contributed by atoms with Crippen molar-refractivity contribution in [2.24, 2.45) is 17.3 Å². The van der Waals surface area contributed by atoms with E-state index in [1.807, 2.05) is 0 Å². The Bertz CT molecular complexity index is 530. The number of rotatable bonds is 2. The second-order valence-electron chi connectivity index (χ2n) is 8.16. The highest BCUT2D eigenvalue weighted by Crippen LogP contribution is 2.58. The molecule has 0 aromatic rings. The zero-order chi connectivity index (χ0) is 16.6. The van der Waals surface area contributed by atoms with Crippen LogP contribution in [0.1, 0.15) is 65.2 Å². The monoisotopic (exact) mass is 316 g/mol. The van der Waals surface area contributed by atoms with Crippen LogP contribution < -0.4 is 0 Å². The third-order valence-corrected chi connectivity index (χ3v) is 6.92. The lowest BCUT2D eigenvalue weighted by atomic mass is 9.63. The molecule has 0 heterocycles. The number of fused-ring (bicyclic) bond motifs is 1. The molecule has 2 heteroatoms. The van der Waals surface area contributed by atoms with Crippen molar-refractivity contribution in [2.45, 2.75) is 77.4 Å². The van der Waals surface area contributed by atoms with Crippen LogP contribution in [0.3, 0.4) is 0 Å². The van der Waals surface area contributed by atoms with Crippen molar-refractivity contribution >= 4 is 0 Å². The zero-order valence-corrected chi connectivity index (χ0v) is 14.7. The second kappa shape index (κ2) is 6.57. The second-order valence-corrected chi connectivity index (χ2v) is 8.16. The lowest BCUT2D eigenvalue weighted by Gasteiger charge is -2.42. The van der Waals surface area contributed by atoms with Crippen molar-refractivity contribution in [3.63, 3.8) is 0 Å². The number of hydrogen-bond donors (Lipinski definition) is 2. The Morgan fingerprint density at radius 1 is 1.26 bits per heavy atom. The van der Waals surface area contributed by atoms with E-state index in [2.05, 4.69) is 32.6 Å². The summed E-state index contributed by atoms with van der Waals surface area (Å²) in [4.78, 5) is 0. The minimum absolute atomic E-state index is 0.422. The fraction of sp³-hybridized carbons (Fsp3) is 0.714. The predicted octanol–water partition coefficient (Wildman–Crippen LogP) is 4.54. The van der Waals surface area contributed by atoms with Gasteiger partial charge in [0.05, 0.1) is 12.2 Å². The van der Waals surface area contributed by atoms with Crippen LogP contribution in [-0.4, -0.2) is 22.4 Å². The molecule has 5 atom stereocenters. The molecule has 0 bridgehead atoms. The van der Waals surface area contributed by atoms with E-state index in [1.54, 1.807) is 5.57 Å². The van der Waals surface area contributed by atoms with Crippen LogP contribution in [-0.2, 0) is 0 Å². The molecule has 3 saturated carbocycles. The fourth-order valence-corrected chi connectivity index (χ4v) is 5.48. The van der Waals surface area contributed by atoms with Crippen LogP contribution in [0.15, 0.2) is 35.5 Å². The van der Waals surface area contributed by atoms with Crippen molar-refractivity contribution in [1.82, 2.24) is 0 Å². The lowest BCUT2D eigenvalue weighted by Crippen LogP contribution is -2.33. The molecule has 128 valence electrons. The smallest absolute Gasteiger partial charge is 0.0811 e. The van der Waals surface area contributed by atoms with Crippen molar-refractivity contribution in [3.05, 3.63) is 35.5 Å². The highest BCUT2D eigenvalue weighted by atomic mass is 16.3. The predicted molar refractivity (Wildman–Crippen MR) is 95.0 cm³/mol. The maximum Gasteiger partial charge on any atom is 0.0811 e. The molecule has 0 aromatic carbocycles. The van der Waals surface area contributed by atoms with Gasteiger partial charge in [-0.1, -0.05) is 44.6 Å². The first kappa shape index (κ1) is 17.0. The van der Waals surface area contributed by atoms with Gasteiger partial charge in [-0.3, -0.25) is 0 Å². The van der Waals surface area contributed by atoms with Crippen LogP contribution in [0.4, 0.5) is 0 Å². The van der Waals surface area contributed by atoms with E-state index in [1.165, 1.54) is 38.5 Å². The van der Waals surface area contributed by atoms with Gasteiger partial charge >= 0.3 is 0 Å². The number of allylic oxidation sites excluding steroid dienone is 3. The van der Waals surface area contributed by atoms with Crippen molar-refractivity contribution in [2.75, 3.05) is 0 Å². The minimum atomic E-state index is -0.587. The SMILES string of the molecule is C=C1/C(=C\C=C2\CCCC3(C)C(CC)CCC23)CC(O)CC1O. The molecule has 0 aliphatic heterocycles. The largest absolute Gasteiger partial charge is 0.393 e. The van der Waals surface area contributed by atoms with Gasteiger partial charge in [-0.05, 0) is 66.9 Å². The van der Waals surface area contributed by atoms with Crippen LogP contribution in [0.25, 0.3) is 0 Å². The van der Waals surface area contributed by atoms with E-state index in [4.69, 9.17) is 0 Å². The summed E-state index contributed by atoms with van der Waals surface area (Å²) in [5, 5.41) is 19.9. The topological polar surface area (TPSA) is 40.5 Å². The zero-order valence-electron chi connectivity index (χ0n) is 14.7. The van der Waals surface area contributed by atoms with Gasteiger partial charge in [0.15, 0.2) is 0 Å². The van der Waals surface area contributed by atoms with Gasteiger partial charge in [-0.25, -0.2) is 0 Å². The van der Waals surface area contributed by atoms with Gasteiger partial charge in [-0.15, -0.1) is 0 Å². The molecule has 0 aromatic heterocycles. The first-order chi connectivity index (χ1) is 11.0. The maximum atomic E-state index is 9.99. The normalized spacial score (nSPS) is 44.8. The molecular formula is C21H32O2. The molecule has 0 radical (unpaired) electrons. The van der Waals surface area contributed by atoms with E-state index in [9.17, 15) is 10.2 Å². The molecule has 2 N–H and O–H groups in total. The summed E-state index contributed by atoms with van der Waals surface area (Å²) in [6, 6.07) is 0. The maximum absolute atomic E-state index is 9.99. The molecule has 0 saturated heterocycles. The van der Waals surface area contributed by atoms with Gasteiger partial charge in [-0.2, -0.15) is 0 Å².